The maximum Gasteiger partial charge on any atom is 0.251 e. The molecule has 0 unspecified atom stereocenters. The highest BCUT2D eigenvalue weighted by atomic mass is 33.1. The monoisotopic (exact) mass is 635 g/mol. The number of hydrogen-bond acceptors (Lipinski definition) is 10. The van der Waals surface area contributed by atoms with E-state index in [1.165, 1.54) is 0 Å². The Labute approximate surface area is 265 Å². The molecule has 1 aromatic rings. The fourth-order valence-corrected chi connectivity index (χ4v) is 4.47. The first kappa shape index (κ1) is 40.0. The Hall–Kier alpha value is -1.98. The molecule has 0 heterocycles. The van der Waals surface area contributed by atoms with Crippen LogP contribution in [0.3, 0.4) is 0 Å². The SMILES string of the molecule is CC.CSS[C@H](COc1cccc(C(=O)NCCN)c1)OCCOCCOCCCC(=O)NCCOCC#CC(C)C.[HH].[HH].[HH]. The first-order valence-electron chi connectivity index (χ1n) is 14.5. The summed E-state index contributed by atoms with van der Waals surface area (Å²) in [6.07, 6.45) is 3.02. The number of amides is 2. The minimum absolute atomic E-state index is 0. The normalized spacial score (nSPS) is 11.1. The van der Waals surface area contributed by atoms with E-state index in [4.69, 9.17) is 29.4 Å². The summed E-state index contributed by atoms with van der Waals surface area (Å²) < 4.78 is 28.2. The second-order valence-corrected chi connectivity index (χ2v) is 11.3. The first-order valence-corrected chi connectivity index (χ1v) is 17.1. The van der Waals surface area contributed by atoms with Crippen molar-refractivity contribution in [3.05, 3.63) is 29.8 Å². The van der Waals surface area contributed by atoms with Crippen molar-refractivity contribution < 1.29 is 37.6 Å². The van der Waals surface area contributed by atoms with Gasteiger partial charge in [-0.1, -0.05) is 67.2 Å². The minimum Gasteiger partial charge on any atom is -0.490 e. The smallest absolute Gasteiger partial charge is 0.251 e. The maximum absolute atomic E-state index is 12.1. The Balaban J connectivity index is -0.00000164. The highest BCUT2D eigenvalue weighted by molar-refractivity contribution is 8.76. The van der Waals surface area contributed by atoms with Gasteiger partial charge in [0.2, 0.25) is 5.91 Å². The van der Waals surface area contributed by atoms with Crippen LogP contribution in [-0.2, 0) is 23.7 Å². The summed E-state index contributed by atoms with van der Waals surface area (Å²) in [7, 11) is 3.15. The molecule has 4 N–H and O–H groups in total. The van der Waals surface area contributed by atoms with E-state index in [2.05, 4.69) is 22.5 Å². The molecule has 1 aromatic carbocycles. The summed E-state index contributed by atoms with van der Waals surface area (Å²) >= 11 is 0. The van der Waals surface area contributed by atoms with Gasteiger partial charge in [0.15, 0.2) is 0 Å². The van der Waals surface area contributed by atoms with Gasteiger partial charge < -0.3 is 40.1 Å². The number of rotatable bonds is 23. The Morgan fingerprint density at radius 1 is 1.00 bits per heavy atom. The average molecular weight is 636 g/mol. The Morgan fingerprint density at radius 2 is 1.74 bits per heavy atom. The van der Waals surface area contributed by atoms with Gasteiger partial charge in [0.1, 0.15) is 24.4 Å². The highest BCUT2D eigenvalue weighted by Crippen LogP contribution is 2.25. The topological polar surface area (TPSA) is 130 Å². The summed E-state index contributed by atoms with van der Waals surface area (Å²) in [5.74, 6) is 6.68. The largest absolute Gasteiger partial charge is 0.490 e. The predicted octanol–water partition coefficient (Wildman–Crippen LogP) is 4.48. The molecule has 10 nitrogen and oxygen atoms in total. The van der Waals surface area contributed by atoms with E-state index in [1.807, 2.05) is 34.0 Å². The van der Waals surface area contributed by atoms with Gasteiger partial charge in [-0.25, -0.2) is 0 Å². The van der Waals surface area contributed by atoms with Crippen molar-refractivity contribution in [2.75, 3.05) is 78.7 Å². The zero-order valence-corrected chi connectivity index (χ0v) is 27.5. The fourth-order valence-electron chi connectivity index (χ4n) is 3.01. The van der Waals surface area contributed by atoms with Crippen LogP contribution in [-0.4, -0.2) is 96.0 Å². The van der Waals surface area contributed by atoms with Crippen LogP contribution in [0.4, 0.5) is 0 Å². The third kappa shape index (κ3) is 23.6. The van der Waals surface area contributed by atoms with E-state index in [9.17, 15) is 9.59 Å². The van der Waals surface area contributed by atoms with Crippen molar-refractivity contribution in [1.29, 1.82) is 0 Å². The molecule has 0 aliphatic rings. The molecule has 0 bridgehead atoms. The van der Waals surface area contributed by atoms with E-state index in [0.717, 1.165) is 0 Å². The average Bonchev–Trinajstić information content (AvgIpc) is 3.00. The molecule has 246 valence electrons. The summed E-state index contributed by atoms with van der Waals surface area (Å²) in [5.41, 5.74) is 5.76. The molecule has 0 aliphatic carbocycles. The summed E-state index contributed by atoms with van der Waals surface area (Å²) in [6.45, 7) is 12.7. The third-order valence-electron chi connectivity index (χ3n) is 4.85. The van der Waals surface area contributed by atoms with Crippen molar-refractivity contribution in [2.24, 2.45) is 11.7 Å². The van der Waals surface area contributed by atoms with Gasteiger partial charge in [0.25, 0.3) is 5.91 Å². The molecule has 42 heavy (non-hydrogen) atoms. The fraction of sp³-hybridized carbons (Fsp3) is 0.667. The van der Waals surface area contributed by atoms with Crippen LogP contribution in [0.1, 0.15) is 55.2 Å². The number of ether oxygens (including phenoxy) is 5. The molecular formula is C30H57N3O7S2. The van der Waals surface area contributed by atoms with Gasteiger partial charge in [0.05, 0.1) is 33.0 Å². The van der Waals surface area contributed by atoms with Crippen LogP contribution >= 0.6 is 21.6 Å². The molecule has 1 rings (SSSR count). The van der Waals surface area contributed by atoms with Crippen molar-refractivity contribution in [1.82, 2.24) is 10.6 Å². The quantitative estimate of drug-likeness (QED) is 0.0685. The molecule has 0 aliphatic heterocycles. The van der Waals surface area contributed by atoms with Gasteiger partial charge in [-0.05, 0) is 30.9 Å². The van der Waals surface area contributed by atoms with Gasteiger partial charge in [-0.2, -0.15) is 0 Å². The standard InChI is InChI=1S/C28H45N3O7S2.C2H6.3H2/c1-23(2)7-5-14-34-16-13-30-26(32)10-6-15-35-17-18-36-19-20-37-27(40-39-3)22-38-25-9-4-8-24(21-25)28(33)31-12-11-29;1-2;;;/h4,8-9,21,23,27H,6,10-20,22,29H2,1-3H3,(H,30,32)(H,31,33);1-2H3;3*1H/t27-;;;;/m1..../s1. The molecule has 0 saturated carbocycles. The zero-order valence-electron chi connectivity index (χ0n) is 25.9. The van der Waals surface area contributed by atoms with Crippen LogP contribution in [0.15, 0.2) is 24.3 Å². The molecular weight excluding hydrogens is 578 g/mol. The number of nitrogens with one attached hydrogen (secondary N) is 2. The zero-order chi connectivity index (χ0) is 31.3. The van der Waals surface area contributed by atoms with Gasteiger partial charge in [0, 0.05) is 48.4 Å². The van der Waals surface area contributed by atoms with Crippen molar-refractivity contribution in [2.45, 2.75) is 46.0 Å². The number of nitrogens with two attached hydrogens (primary N) is 1. The lowest BCUT2D eigenvalue weighted by atomic mass is 10.2. The van der Waals surface area contributed by atoms with E-state index >= 15 is 0 Å². The maximum atomic E-state index is 12.1. The van der Waals surface area contributed by atoms with Gasteiger partial charge in [-0.15, -0.1) is 0 Å². The summed E-state index contributed by atoms with van der Waals surface area (Å²) in [4.78, 5) is 23.9. The predicted molar refractivity (Wildman–Crippen MR) is 179 cm³/mol. The molecule has 12 heteroatoms. The summed E-state index contributed by atoms with van der Waals surface area (Å²) in [6, 6.07) is 7.01. The lowest BCUT2D eigenvalue weighted by Crippen LogP contribution is -2.29. The second kappa shape index (κ2) is 29.1. The van der Waals surface area contributed by atoms with E-state index in [-0.39, 0.29) is 21.5 Å². The molecule has 1 atom stereocenters. The van der Waals surface area contributed by atoms with E-state index < -0.39 is 0 Å². The molecule has 0 aromatic heterocycles. The number of carbonyl (C=O) groups is 2. The number of carbonyl (C=O) groups excluding carboxylic acids is 2. The summed E-state index contributed by atoms with van der Waals surface area (Å²) in [5, 5.41) is 5.56. The van der Waals surface area contributed by atoms with Gasteiger partial charge in [-0.3, -0.25) is 9.59 Å². The van der Waals surface area contributed by atoms with Crippen LogP contribution in [0.2, 0.25) is 0 Å². The molecule has 2 amide bonds. The lowest BCUT2D eigenvalue weighted by Gasteiger charge is -2.17. The Bertz CT molecular complexity index is 898. The van der Waals surface area contributed by atoms with Crippen LogP contribution in [0, 0.1) is 17.8 Å². The Morgan fingerprint density at radius 3 is 2.45 bits per heavy atom. The Kier molecular flexibility index (Phi) is 27.7. The van der Waals surface area contributed by atoms with Crippen molar-refractivity contribution in [3.8, 4) is 17.6 Å². The van der Waals surface area contributed by atoms with Crippen LogP contribution in [0.5, 0.6) is 5.75 Å². The van der Waals surface area contributed by atoms with E-state index in [0.29, 0.717) is 103 Å². The first-order chi connectivity index (χ1) is 20.5. The van der Waals surface area contributed by atoms with Crippen LogP contribution < -0.4 is 21.1 Å². The third-order valence-corrected chi connectivity index (χ3v) is 6.75. The van der Waals surface area contributed by atoms with Crippen molar-refractivity contribution >= 4 is 33.4 Å². The number of benzene rings is 1. The van der Waals surface area contributed by atoms with Crippen LogP contribution in [0.25, 0.3) is 0 Å². The minimum atomic E-state index is -0.194. The molecule has 0 saturated heterocycles. The van der Waals surface area contributed by atoms with Crippen molar-refractivity contribution in [3.63, 3.8) is 0 Å². The highest BCUT2D eigenvalue weighted by Gasteiger charge is 2.12. The second-order valence-electron chi connectivity index (χ2n) is 8.65. The molecule has 0 radical (unpaired) electrons. The molecule has 0 fully saturated rings. The number of hydrogen-bond donors (Lipinski definition) is 3. The molecule has 0 spiro atoms. The van der Waals surface area contributed by atoms with E-state index in [1.54, 1.807) is 45.9 Å². The van der Waals surface area contributed by atoms with Gasteiger partial charge >= 0.3 is 0 Å². The lowest BCUT2D eigenvalue weighted by molar-refractivity contribution is -0.121.